The lowest BCUT2D eigenvalue weighted by atomic mass is 10.1. The number of hydrogen-bond donors (Lipinski definition) is 1. The number of nitriles is 1. The van der Waals surface area contributed by atoms with Crippen molar-refractivity contribution in [2.24, 2.45) is 0 Å². The molecule has 0 saturated heterocycles. The van der Waals surface area contributed by atoms with Crippen LogP contribution in [0.15, 0.2) is 41.3 Å². The second kappa shape index (κ2) is 8.48. The quantitative estimate of drug-likeness (QED) is 0.788. The van der Waals surface area contributed by atoms with Crippen LogP contribution in [0.3, 0.4) is 0 Å². The minimum absolute atomic E-state index is 0.146. The molecule has 0 atom stereocenters. The van der Waals surface area contributed by atoms with Gasteiger partial charge < -0.3 is 5.32 Å². The average molecular weight is 410 g/mol. The molecule has 0 radical (unpaired) electrons. The summed E-state index contributed by atoms with van der Waals surface area (Å²) >= 11 is 5.84. The minimum Gasteiger partial charge on any atom is -0.322 e. The Bertz CT molecular complexity index is 1010. The second-order valence-electron chi connectivity index (χ2n) is 5.49. The van der Waals surface area contributed by atoms with Crippen LogP contribution in [0.5, 0.6) is 0 Å². The maximum Gasteiger partial charge on any atom is 0.258 e. The van der Waals surface area contributed by atoms with E-state index >= 15 is 0 Å². The van der Waals surface area contributed by atoms with Gasteiger partial charge >= 0.3 is 0 Å². The zero-order valence-corrected chi connectivity index (χ0v) is 16.2. The van der Waals surface area contributed by atoms with Gasteiger partial charge in [-0.3, -0.25) is 4.79 Å². The Kier molecular flexibility index (Phi) is 6.54. The van der Waals surface area contributed by atoms with Crippen molar-refractivity contribution in [3.05, 3.63) is 58.4 Å². The van der Waals surface area contributed by atoms with E-state index in [4.69, 9.17) is 16.9 Å². The second-order valence-corrected chi connectivity index (χ2v) is 7.84. The molecule has 0 saturated carbocycles. The standard InChI is InChI=1S/C18H17ClFN3O3S/c1-3-23(4-2)27(25,26)14-6-8-17(20)15(10-14)18(24)22-13-5-7-16(19)12(9-13)11-21/h5-10H,3-4H2,1-2H3,(H,22,24). The molecule has 1 N–H and O–H groups in total. The Morgan fingerprint density at radius 3 is 2.48 bits per heavy atom. The van der Waals surface area contributed by atoms with E-state index < -0.39 is 27.3 Å². The van der Waals surface area contributed by atoms with Gasteiger partial charge in [0, 0.05) is 18.8 Å². The highest BCUT2D eigenvalue weighted by Gasteiger charge is 2.24. The van der Waals surface area contributed by atoms with Crippen molar-refractivity contribution >= 4 is 33.2 Å². The molecular weight excluding hydrogens is 393 g/mol. The average Bonchev–Trinajstić information content (AvgIpc) is 2.64. The number of hydrogen-bond acceptors (Lipinski definition) is 4. The summed E-state index contributed by atoms with van der Waals surface area (Å²) in [6.45, 7) is 3.87. The summed E-state index contributed by atoms with van der Waals surface area (Å²) in [5.41, 5.74) is -0.0400. The summed E-state index contributed by atoms with van der Waals surface area (Å²) in [5, 5.41) is 11.6. The fraction of sp³-hybridized carbons (Fsp3) is 0.222. The molecule has 0 aliphatic heterocycles. The maximum absolute atomic E-state index is 14.1. The highest BCUT2D eigenvalue weighted by atomic mass is 35.5. The maximum atomic E-state index is 14.1. The predicted octanol–water partition coefficient (Wildman–Crippen LogP) is 3.63. The fourth-order valence-corrected chi connectivity index (χ4v) is 4.08. The van der Waals surface area contributed by atoms with Crippen LogP contribution in [0, 0.1) is 17.1 Å². The van der Waals surface area contributed by atoms with Crippen molar-refractivity contribution in [2.45, 2.75) is 18.7 Å². The molecule has 0 aliphatic rings. The van der Waals surface area contributed by atoms with Gasteiger partial charge in [-0.15, -0.1) is 0 Å². The Labute approximate surface area is 162 Å². The molecule has 0 aromatic heterocycles. The summed E-state index contributed by atoms with van der Waals surface area (Å²) in [5.74, 6) is -1.70. The minimum atomic E-state index is -3.84. The lowest BCUT2D eigenvalue weighted by molar-refractivity contribution is 0.102. The van der Waals surface area contributed by atoms with E-state index in [-0.39, 0.29) is 34.3 Å². The van der Waals surface area contributed by atoms with E-state index in [1.54, 1.807) is 13.8 Å². The largest absolute Gasteiger partial charge is 0.322 e. The molecule has 2 aromatic carbocycles. The smallest absolute Gasteiger partial charge is 0.258 e. The molecule has 0 unspecified atom stereocenters. The Hall–Kier alpha value is -2.47. The van der Waals surface area contributed by atoms with Crippen LogP contribution in [0.2, 0.25) is 5.02 Å². The van der Waals surface area contributed by atoms with Gasteiger partial charge in [0.2, 0.25) is 10.0 Å². The number of sulfonamides is 1. The first kappa shape index (κ1) is 20.8. The monoisotopic (exact) mass is 409 g/mol. The SMILES string of the molecule is CCN(CC)S(=O)(=O)c1ccc(F)c(C(=O)Nc2ccc(Cl)c(C#N)c2)c1. The van der Waals surface area contributed by atoms with Gasteiger partial charge in [-0.1, -0.05) is 25.4 Å². The first-order valence-electron chi connectivity index (χ1n) is 8.05. The topological polar surface area (TPSA) is 90.3 Å². The normalized spacial score (nSPS) is 11.3. The number of halogens is 2. The number of carbonyl (C=O) groups is 1. The number of benzene rings is 2. The van der Waals surface area contributed by atoms with E-state index in [0.717, 1.165) is 18.2 Å². The van der Waals surface area contributed by atoms with Crippen molar-refractivity contribution in [1.29, 1.82) is 5.26 Å². The molecule has 0 bridgehead atoms. The first-order chi connectivity index (χ1) is 12.7. The third-order valence-electron chi connectivity index (χ3n) is 3.87. The summed E-state index contributed by atoms with van der Waals surface area (Å²) in [7, 11) is -3.84. The molecule has 0 spiro atoms. The van der Waals surface area contributed by atoms with E-state index in [0.29, 0.717) is 0 Å². The van der Waals surface area contributed by atoms with E-state index in [2.05, 4.69) is 5.32 Å². The third kappa shape index (κ3) is 4.45. The number of anilines is 1. The van der Waals surface area contributed by atoms with Gasteiger partial charge in [-0.05, 0) is 36.4 Å². The molecule has 2 aromatic rings. The van der Waals surface area contributed by atoms with Gasteiger partial charge in [0.25, 0.3) is 5.91 Å². The van der Waals surface area contributed by atoms with E-state index in [9.17, 15) is 17.6 Å². The highest BCUT2D eigenvalue weighted by Crippen LogP contribution is 2.22. The van der Waals surface area contributed by atoms with Crippen LogP contribution in [0.25, 0.3) is 0 Å². The lowest BCUT2D eigenvalue weighted by Crippen LogP contribution is -2.31. The van der Waals surface area contributed by atoms with E-state index in [1.807, 2.05) is 6.07 Å². The Morgan fingerprint density at radius 1 is 1.22 bits per heavy atom. The van der Waals surface area contributed by atoms with Crippen molar-refractivity contribution < 1.29 is 17.6 Å². The fourth-order valence-electron chi connectivity index (χ4n) is 2.44. The number of amides is 1. The van der Waals surface area contributed by atoms with Gasteiger partial charge in [-0.25, -0.2) is 12.8 Å². The lowest BCUT2D eigenvalue weighted by Gasteiger charge is -2.19. The first-order valence-corrected chi connectivity index (χ1v) is 9.87. The number of nitrogens with zero attached hydrogens (tertiary/aromatic N) is 2. The van der Waals surface area contributed by atoms with Crippen molar-refractivity contribution in [1.82, 2.24) is 4.31 Å². The van der Waals surface area contributed by atoms with Crippen LogP contribution >= 0.6 is 11.6 Å². The molecule has 0 fully saturated rings. The summed E-state index contributed by atoms with van der Waals surface area (Å²) < 4.78 is 40.5. The predicted molar refractivity (Wildman–Crippen MR) is 101 cm³/mol. The third-order valence-corrected chi connectivity index (χ3v) is 6.25. The van der Waals surface area contributed by atoms with Gasteiger partial charge in [-0.2, -0.15) is 9.57 Å². The molecule has 6 nitrogen and oxygen atoms in total. The van der Waals surface area contributed by atoms with Crippen LogP contribution in [0.1, 0.15) is 29.8 Å². The van der Waals surface area contributed by atoms with Gasteiger partial charge in [0.1, 0.15) is 11.9 Å². The van der Waals surface area contributed by atoms with Crippen LogP contribution in [-0.2, 0) is 10.0 Å². The zero-order chi connectivity index (χ0) is 20.2. The van der Waals surface area contributed by atoms with Crippen LogP contribution < -0.4 is 5.32 Å². The van der Waals surface area contributed by atoms with Crippen LogP contribution in [-0.4, -0.2) is 31.7 Å². The molecule has 1 amide bonds. The highest BCUT2D eigenvalue weighted by molar-refractivity contribution is 7.89. The van der Waals surface area contributed by atoms with Crippen molar-refractivity contribution in [3.8, 4) is 6.07 Å². The molecule has 0 aliphatic carbocycles. The number of carbonyl (C=O) groups excluding carboxylic acids is 1. The zero-order valence-electron chi connectivity index (χ0n) is 14.7. The Balaban J connectivity index is 2.39. The molecule has 142 valence electrons. The molecular formula is C18H17ClFN3O3S. The van der Waals surface area contributed by atoms with Gasteiger partial charge in [0.05, 0.1) is 21.0 Å². The van der Waals surface area contributed by atoms with E-state index in [1.165, 1.54) is 22.5 Å². The molecule has 9 heteroatoms. The summed E-state index contributed by atoms with van der Waals surface area (Å²) in [4.78, 5) is 12.3. The Morgan fingerprint density at radius 2 is 1.89 bits per heavy atom. The van der Waals surface area contributed by atoms with Gasteiger partial charge in [0.15, 0.2) is 0 Å². The van der Waals surface area contributed by atoms with Crippen molar-refractivity contribution in [3.63, 3.8) is 0 Å². The summed E-state index contributed by atoms with van der Waals surface area (Å²) in [6, 6.07) is 9.15. The number of nitrogens with one attached hydrogen (secondary N) is 1. The van der Waals surface area contributed by atoms with Crippen molar-refractivity contribution in [2.75, 3.05) is 18.4 Å². The number of rotatable bonds is 6. The molecule has 0 heterocycles. The summed E-state index contributed by atoms with van der Waals surface area (Å²) in [6.07, 6.45) is 0. The van der Waals surface area contributed by atoms with Crippen LogP contribution in [0.4, 0.5) is 10.1 Å². The molecule has 27 heavy (non-hydrogen) atoms. The molecule has 2 rings (SSSR count).